The van der Waals surface area contributed by atoms with Gasteiger partial charge in [0.1, 0.15) is 5.15 Å². The van der Waals surface area contributed by atoms with Gasteiger partial charge in [0, 0.05) is 23.2 Å². The SMILES string of the molecule is Fc1cnc(Cl)c2ccncc12. The van der Waals surface area contributed by atoms with Gasteiger partial charge in [-0.05, 0) is 6.07 Å². The van der Waals surface area contributed by atoms with E-state index in [9.17, 15) is 4.39 Å². The molecule has 0 aliphatic rings. The van der Waals surface area contributed by atoms with Crippen molar-refractivity contribution in [3.8, 4) is 0 Å². The van der Waals surface area contributed by atoms with E-state index in [-0.39, 0.29) is 0 Å². The second kappa shape index (κ2) is 2.68. The van der Waals surface area contributed by atoms with Crippen molar-refractivity contribution in [2.45, 2.75) is 0 Å². The van der Waals surface area contributed by atoms with E-state index in [0.717, 1.165) is 6.20 Å². The lowest BCUT2D eigenvalue weighted by Crippen LogP contribution is -1.85. The Hall–Kier alpha value is -1.22. The van der Waals surface area contributed by atoms with Crippen LogP contribution in [0.1, 0.15) is 0 Å². The van der Waals surface area contributed by atoms with Crippen LogP contribution in [0, 0.1) is 5.82 Å². The summed E-state index contributed by atoms with van der Waals surface area (Å²) in [6.07, 6.45) is 4.07. The van der Waals surface area contributed by atoms with Crippen LogP contribution in [0.4, 0.5) is 4.39 Å². The van der Waals surface area contributed by atoms with Gasteiger partial charge in [-0.3, -0.25) is 4.98 Å². The molecule has 4 heteroatoms. The van der Waals surface area contributed by atoms with Crippen molar-refractivity contribution in [2.24, 2.45) is 0 Å². The van der Waals surface area contributed by atoms with Gasteiger partial charge < -0.3 is 0 Å². The summed E-state index contributed by atoms with van der Waals surface area (Å²) in [6, 6.07) is 1.63. The van der Waals surface area contributed by atoms with Crippen molar-refractivity contribution < 1.29 is 4.39 Å². The zero-order valence-electron chi connectivity index (χ0n) is 5.96. The van der Waals surface area contributed by atoms with Gasteiger partial charge in [-0.15, -0.1) is 0 Å². The van der Waals surface area contributed by atoms with E-state index < -0.39 is 5.82 Å². The smallest absolute Gasteiger partial charge is 0.150 e. The van der Waals surface area contributed by atoms with Crippen molar-refractivity contribution in [1.29, 1.82) is 0 Å². The van der Waals surface area contributed by atoms with E-state index in [2.05, 4.69) is 9.97 Å². The molecule has 0 aliphatic carbocycles. The summed E-state index contributed by atoms with van der Waals surface area (Å²) in [7, 11) is 0. The lowest BCUT2D eigenvalue weighted by Gasteiger charge is -1.98. The van der Waals surface area contributed by atoms with E-state index >= 15 is 0 Å². The van der Waals surface area contributed by atoms with Crippen molar-refractivity contribution in [3.63, 3.8) is 0 Å². The van der Waals surface area contributed by atoms with Crippen LogP contribution in [0.5, 0.6) is 0 Å². The summed E-state index contributed by atoms with van der Waals surface area (Å²) in [5, 5.41) is 1.29. The van der Waals surface area contributed by atoms with Crippen LogP contribution in [0.2, 0.25) is 5.15 Å². The number of nitrogens with zero attached hydrogens (tertiary/aromatic N) is 2. The number of halogens is 2. The Kier molecular flexibility index (Phi) is 1.66. The Balaban J connectivity index is 2.95. The van der Waals surface area contributed by atoms with Gasteiger partial charge in [-0.25, -0.2) is 9.37 Å². The minimum Gasteiger partial charge on any atom is -0.264 e. The summed E-state index contributed by atoms with van der Waals surface area (Å²) in [5.41, 5.74) is 0. The second-order valence-corrected chi connectivity index (χ2v) is 2.68. The Morgan fingerprint density at radius 3 is 2.83 bits per heavy atom. The quantitative estimate of drug-likeness (QED) is 0.585. The molecule has 0 spiro atoms. The van der Waals surface area contributed by atoms with E-state index in [0.29, 0.717) is 15.9 Å². The molecule has 2 nitrogen and oxygen atoms in total. The first-order valence-electron chi connectivity index (χ1n) is 3.33. The topological polar surface area (TPSA) is 25.8 Å². The Bertz CT molecular complexity index is 390. The molecule has 0 bridgehead atoms. The van der Waals surface area contributed by atoms with E-state index in [1.54, 1.807) is 12.3 Å². The Labute approximate surface area is 73.0 Å². The highest BCUT2D eigenvalue weighted by Gasteiger charge is 2.03. The zero-order chi connectivity index (χ0) is 8.55. The zero-order valence-corrected chi connectivity index (χ0v) is 6.72. The van der Waals surface area contributed by atoms with Gasteiger partial charge in [0.2, 0.25) is 0 Å². The maximum absolute atomic E-state index is 13.0. The molecule has 0 unspecified atom stereocenters. The van der Waals surface area contributed by atoms with E-state index in [4.69, 9.17) is 11.6 Å². The van der Waals surface area contributed by atoms with Gasteiger partial charge >= 0.3 is 0 Å². The molecule has 2 aromatic rings. The van der Waals surface area contributed by atoms with E-state index in [1.807, 2.05) is 0 Å². The first-order chi connectivity index (χ1) is 5.79. The number of aromatic nitrogens is 2. The lowest BCUT2D eigenvalue weighted by molar-refractivity contribution is 0.633. The van der Waals surface area contributed by atoms with Gasteiger partial charge in [-0.2, -0.15) is 0 Å². The second-order valence-electron chi connectivity index (χ2n) is 2.32. The molecule has 2 heterocycles. The molecule has 0 amide bonds. The Morgan fingerprint density at radius 1 is 1.25 bits per heavy atom. The van der Waals surface area contributed by atoms with Crippen LogP contribution >= 0.6 is 11.6 Å². The summed E-state index contributed by atoms with van der Waals surface area (Å²) < 4.78 is 13.0. The first-order valence-corrected chi connectivity index (χ1v) is 3.70. The van der Waals surface area contributed by atoms with Crippen LogP contribution in [0.15, 0.2) is 24.7 Å². The summed E-state index contributed by atoms with van der Waals surface area (Å²) in [6.45, 7) is 0. The number of hydrogen-bond donors (Lipinski definition) is 0. The van der Waals surface area contributed by atoms with Crippen LogP contribution in [-0.4, -0.2) is 9.97 Å². The number of fused-ring (bicyclic) bond motifs is 1. The first kappa shape index (κ1) is 7.43. The molecule has 60 valence electrons. The summed E-state index contributed by atoms with van der Waals surface area (Å²) >= 11 is 5.72. The maximum Gasteiger partial charge on any atom is 0.150 e. The largest absolute Gasteiger partial charge is 0.264 e. The van der Waals surface area contributed by atoms with Crippen molar-refractivity contribution in [2.75, 3.05) is 0 Å². The molecule has 0 radical (unpaired) electrons. The van der Waals surface area contributed by atoms with Gasteiger partial charge in [-0.1, -0.05) is 11.6 Å². The van der Waals surface area contributed by atoms with Crippen LogP contribution in [0.3, 0.4) is 0 Å². The van der Waals surface area contributed by atoms with Crippen LogP contribution < -0.4 is 0 Å². The van der Waals surface area contributed by atoms with Gasteiger partial charge in [0.15, 0.2) is 5.82 Å². The molecule has 12 heavy (non-hydrogen) atoms. The molecule has 0 saturated heterocycles. The molecule has 0 aromatic carbocycles. The highest BCUT2D eigenvalue weighted by atomic mass is 35.5. The number of pyridine rings is 2. The minimum atomic E-state index is -0.400. The molecule has 2 rings (SSSR count). The molecule has 0 N–H and O–H groups in total. The third kappa shape index (κ3) is 1.02. The molecular weight excluding hydrogens is 179 g/mol. The standard InChI is InChI=1S/C8H4ClFN2/c9-8-5-1-2-11-3-6(5)7(10)4-12-8/h1-4H. The van der Waals surface area contributed by atoms with E-state index in [1.165, 1.54) is 6.20 Å². The predicted molar refractivity (Wildman–Crippen MR) is 44.5 cm³/mol. The monoisotopic (exact) mass is 182 g/mol. The molecule has 0 aliphatic heterocycles. The average Bonchev–Trinajstić information content (AvgIpc) is 2.12. The highest BCUT2D eigenvalue weighted by molar-refractivity contribution is 6.34. The highest BCUT2D eigenvalue weighted by Crippen LogP contribution is 2.21. The Morgan fingerprint density at radius 2 is 2.08 bits per heavy atom. The average molecular weight is 183 g/mol. The molecule has 0 fully saturated rings. The van der Waals surface area contributed by atoms with Crippen LogP contribution in [-0.2, 0) is 0 Å². The maximum atomic E-state index is 13.0. The third-order valence-electron chi connectivity index (χ3n) is 1.59. The van der Waals surface area contributed by atoms with Crippen molar-refractivity contribution >= 4 is 22.4 Å². The number of hydrogen-bond acceptors (Lipinski definition) is 2. The molecule has 0 atom stereocenters. The van der Waals surface area contributed by atoms with Crippen molar-refractivity contribution in [3.05, 3.63) is 35.6 Å². The fourth-order valence-corrected chi connectivity index (χ4v) is 1.23. The normalized spacial score (nSPS) is 10.5. The molecular formula is C8H4ClFN2. The number of rotatable bonds is 0. The fraction of sp³-hybridized carbons (Fsp3) is 0. The third-order valence-corrected chi connectivity index (χ3v) is 1.89. The summed E-state index contributed by atoms with van der Waals surface area (Å²) in [5.74, 6) is -0.400. The predicted octanol–water partition coefficient (Wildman–Crippen LogP) is 2.42. The molecule has 0 saturated carbocycles. The van der Waals surface area contributed by atoms with Crippen molar-refractivity contribution in [1.82, 2.24) is 9.97 Å². The lowest BCUT2D eigenvalue weighted by atomic mass is 10.2. The molecule has 2 aromatic heterocycles. The summed E-state index contributed by atoms with van der Waals surface area (Å²) in [4.78, 5) is 7.46. The van der Waals surface area contributed by atoms with Gasteiger partial charge in [0.25, 0.3) is 0 Å². The van der Waals surface area contributed by atoms with Gasteiger partial charge in [0.05, 0.1) is 6.20 Å². The minimum absolute atomic E-state index is 0.300. The fourth-order valence-electron chi connectivity index (χ4n) is 1.02. The van der Waals surface area contributed by atoms with Crippen LogP contribution in [0.25, 0.3) is 10.8 Å².